The normalized spacial score (nSPS) is 15.2. The van der Waals surface area contributed by atoms with Gasteiger partial charge < -0.3 is 29.7 Å². The zero-order valence-corrected chi connectivity index (χ0v) is 22.3. The first-order valence-corrected chi connectivity index (χ1v) is 12.5. The molecular weight excluding hydrogens is 494 g/mol. The third-order valence-corrected chi connectivity index (χ3v) is 6.79. The van der Waals surface area contributed by atoms with E-state index in [1.54, 1.807) is 39.7 Å². The first kappa shape index (κ1) is 26.3. The first-order chi connectivity index (χ1) is 17.9. The number of carbonyl (C=O) groups excluding carboxylic acids is 1. The molecule has 0 bridgehead atoms. The third kappa shape index (κ3) is 6.35. The summed E-state index contributed by atoms with van der Waals surface area (Å²) in [5.74, 6) is 2.65. The Balaban J connectivity index is 1.42. The van der Waals surface area contributed by atoms with Crippen molar-refractivity contribution in [3.63, 3.8) is 0 Å². The van der Waals surface area contributed by atoms with E-state index in [2.05, 4.69) is 20.5 Å². The fourth-order valence-electron chi connectivity index (χ4n) is 4.35. The van der Waals surface area contributed by atoms with Crippen molar-refractivity contribution in [3.8, 4) is 17.2 Å². The molecule has 1 aromatic heterocycles. The molecule has 1 amide bonds. The first-order valence-electron chi connectivity index (χ1n) is 12.1. The molecule has 10 heteroatoms. The summed E-state index contributed by atoms with van der Waals surface area (Å²) >= 11 is 6.22. The Morgan fingerprint density at radius 1 is 1.11 bits per heavy atom. The number of hydrogen-bond donors (Lipinski definition) is 2. The van der Waals surface area contributed by atoms with Gasteiger partial charge in [0.25, 0.3) is 0 Å². The number of piperidine rings is 1. The average Bonchev–Trinajstić information content (AvgIpc) is 2.93. The van der Waals surface area contributed by atoms with Gasteiger partial charge in [-0.2, -0.15) is 4.98 Å². The molecule has 0 aliphatic carbocycles. The van der Waals surface area contributed by atoms with Crippen LogP contribution in [-0.2, 0) is 11.3 Å². The van der Waals surface area contributed by atoms with Gasteiger partial charge in [-0.1, -0.05) is 23.7 Å². The van der Waals surface area contributed by atoms with E-state index >= 15 is 0 Å². The number of ether oxygens (including phenoxy) is 3. The van der Waals surface area contributed by atoms with E-state index < -0.39 is 0 Å². The Labute approximate surface area is 222 Å². The Morgan fingerprint density at radius 3 is 2.54 bits per heavy atom. The Bertz CT molecular complexity index is 1230. The molecule has 2 aromatic carbocycles. The van der Waals surface area contributed by atoms with E-state index in [1.165, 1.54) is 0 Å². The number of benzene rings is 2. The van der Waals surface area contributed by atoms with E-state index in [0.717, 1.165) is 36.3 Å². The molecule has 0 spiro atoms. The molecule has 1 fully saturated rings. The van der Waals surface area contributed by atoms with E-state index in [9.17, 15) is 4.79 Å². The molecule has 0 unspecified atom stereocenters. The van der Waals surface area contributed by atoms with Gasteiger partial charge in [-0.3, -0.25) is 4.79 Å². The van der Waals surface area contributed by atoms with Crippen molar-refractivity contribution in [2.45, 2.75) is 26.3 Å². The molecule has 1 saturated heterocycles. The minimum Gasteiger partial charge on any atom is -0.493 e. The molecule has 0 radical (unpaired) electrons. The number of halogens is 1. The van der Waals surface area contributed by atoms with Crippen LogP contribution in [0.2, 0.25) is 5.02 Å². The van der Waals surface area contributed by atoms with Gasteiger partial charge in [-0.05, 0) is 43.0 Å². The number of methoxy groups -OCH3 is 3. The summed E-state index contributed by atoms with van der Waals surface area (Å²) in [6.07, 6.45) is 3.43. The fourth-order valence-corrected chi connectivity index (χ4v) is 4.55. The molecule has 2 heterocycles. The van der Waals surface area contributed by atoms with Crippen LogP contribution in [0.5, 0.6) is 17.2 Å². The van der Waals surface area contributed by atoms with Crippen LogP contribution in [0.25, 0.3) is 0 Å². The number of carbonyl (C=O) groups is 1. The summed E-state index contributed by atoms with van der Waals surface area (Å²) in [6.45, 7) is 3.81. The van der Waals surface area contributed by atoms with Crippen molar-refractivity contribution in [1.82, 2.24) is 15.3 Å². The van der Waals surface area contributed by atoms with Gasteiger partial charge in [0.2, 0.25) is 17.6 Å². The van der Waals surface area contributed by atoms with Crippen LogP contribution in [0.3, 0.4) is 0 Å². The van der Waals surface area contributed by atoms with Gasteiger partial charge in [0.1, 0.15) is 5.82 Å². The second kappa shape index (κ2) is 12.0. The van der Waals surface area contributed by atoms with Crippen LogP contribution in [0.15, 0.2) is 42.6 Å². The standard InChI is InChI=1S/C27H32ClN5O4/c1-17-7-8-18(12-21(17)28)15-30-26(34)19-6-5-11-33(16-19)24-9-10-29-27(32-24)31-20-13-22(35-2)25(37-4)23(14-20)36-3/h7-10,12-14,19H,5-6,11,15-16H2,1-4H3,(H,30,34)(H,29,31,32)/t19-/m0/s1. The molecule has 0 saturated carbocycles. The Hall–Kier alpha value is -3.72. The summed E-state index contributed by atoms with van der Waals surface area (Å²) in [5.41, 5.74) is 2.69. The lowest BCUT2D eigenvalue weighted by atomic mass is 9.97. The monoisotopic (exact) mass is 525 g/mol. The number of rotatable bonds is 9. The molecule has 3 aromatic rings. The lowest BCUT2D eigenvalue weighted by Gasteiger charge is -2.33. The van der Waals surface area contributed by atoms with Gasteiger partial charge in [0.05, 0.1) is 27.2 Å². The minimum absolute atomic E-state index is 0.0335. The van der Waals surface area contributed by atoms with Crippen molar-refractivity contribution < 1.29 is 19.0 Å². The van der Waals surface area contributed by atoms with E-state index in [-0.39, 0.29) is 11.8 Å². The largest absolute Gasteiger partial charge is 0.493 e. The molecule has 196 valence electrons. The molecule has 9 nitrogen and oxygen atoms in total. The van der Waals surface area contributed by atoms with Crippen LogP contribution in [0.4, 0.5) is 17.5 Å². The molecule has 1 atom stereocenters. The highest BCUT2D eigenvalue weighted by molar-refractivity contribution is 6.31. The predicted molar refractivity (Wildman–Crippen MR) is 144 cm³/mol. The number of hydrogen-bond acceptors (Lipinski definition) is 8. The Morgan fingerprint density at radius 2 is 1.86 bits per heavy atom. The highest BCUT2D eigenvalue weighted by Gasteiger charge is 2.26. The lowest BCUT2D eigenvalue weighted by Crippen LogP contribution is -2.43. The molecule has 1 aliphatic rings. The number of amides is 1. The van der Waals surface area contributed by atoms with E-state index in [1.807, 2.05) is 31.2 Å². The molecule has 4 rings (SSSR count). The van der Waals surface area contributed by atoms with Crippen molar-refractivity contribution in [2.75, 3.05) is 44.6 Å². The summed E-state index contributed by atoms with van der Waals surface area (Å²) in [5, 5.41) is 6.97. The summed E-state index contributed by atoms with van der Waals surface area (Å²) < 4.78 is 16.3. The third-order valence-electron chi connectivity index (χ3n) is 6.38. The maximum absolute atomic E-state index is 12.9. The van der Waals surface area contributed by atoms with Crippen LogP contribution in [0.1, 0.15) is 24.0 Å². The van der Waals surface area contributed by atoms with Gasteiger partial charge >= 0.3 is 0 Å². The maximum Gasteiger partial charge on any atom is 0.229 e. The van der Waals surface area contributed by atoms with E-state index in [4.69, 9.17) is 30.8 Å². The van der Waals surface area contributed by atoms with Crippen LogP contribution < -0.4 is 29.7 Å². The lowest BCUT2D eigenvalue weighted by molar-refractivity contribution is -0.125. The zero-order chi connectivity index (χ0) is 26.4. The average molecular weight is 526 g/mol. The van der Waals surface area contributed by atoms with Crippen LogP contribution >= 0.6 is 11.6 Å². The number of nitrogens with one attached hydrogen (secondary N) is 2. The summed E-state index contributed by atoms with van der Waals surface area (Å²) in [4.78, 5) is 24.1. The topological polar surface area (TPSA) is 97.8 Å². The van der Waals surface area contributed by atoms with Gasteiger partial charge in [0, 0.05) is 48.7 Å². The highest BCUT2D eigenvalue weighted by atomic mass is 35.5. The maximum atomic E-state index is 12.9. The molecular formula is C27H32ClN5O4. The van der Waals surface area contributed by atoms with Crippen molar-refractivity contribution in [3.05, 3.63) is 58.7 Å². The SMILES string of the molecule is COc1cc(Nc2nccc(N3CCC[C@H](C(=O)NCc4ccc(C)c(Cl)c4)C3)n2)cc(OC)c1OC. The van der Waals surface area contributed by atoms with Gasteiger partial charge in [-0.15, -0.1) is 0 Å². The zero-order valence-electron chi connectivity index (χ0n) is 21.5. The minimum atomic E-state index is -0.129. The summed E-state index contributed by atoms with van der Waals surface area (Å²) in [7, 11) is 4.69. The predicted octanol–water partition coefficient (Wildman–Crippen LogP) is 4.74. The van der Waals surface area contributed by atoms with Gasteiger partial charge in [0.15, 0.2) is 11.5 Å². The number of anilines is 3. The fraction of sp³-hybridized carbons (Fsp3) is 0.370. The highest BCUT2D eigenvalue weighted by Crippen LogP contribution is 2.40. The van der Waals surface area contributed by atoms with E-state index in [0.29, 0.717) is 47.0 Å². The van der Waals surface area contributed by atoms with Gasteiger partial charge in [-0.25, -0.2) is 4.98 Å². The summed E-state index contributed by atoms with van der Waals surface area (Å²) in [6, 6.07) is 11.3. The second-order valence-corrected chi connectivity index (χ2v) is 9.27. The Kier molecular flexibility index (Phi) is 8.55. The molecule has 37 heavy (non-hydrogen) atoms. The number of nitrogens with zero attached hydrogens (tertiary/aromatic N) is 3. The number of aryl methyl sites for hydroxylation is 1. The smallest absolute Gasteiger partial charge is 0.229 e. The number of aromatic nitrogens is 2. The van der Waals surface area contributed by atoms with Crippen LogP contribution in [0, 0.1) is 12.8 Å². The van der Waals surface area contributed by atoms with Crippen LogP contribution in [-0.4, -0.2) is 50.3 Å². The van der Waals surface area contributed by atoms with Crippen molar-refractivity contribution in [1.29, 1.82) is 0 Å². The molecule has 2 N–H and O–H groups in total. The van der Waals surface area contributed by atoms with Crippen molar-refractivity contribution in [2.24, 2.45) is 5.92 Å². The van der Waals surface area contributed by atoms with Crippen molar-refractivity contribution >= 4 is 35.0 Å². The second-order valence-electron chi connectivity index (χ2n) is 8.86. The quantitative estimate of drug-likeness (QED) is 0.413. The molecule has 1 aliphatic heterocycles.